The maximum atomic E-state index is 13.8. The van der Waals surface area contributed by atoms with Gasteiger partial charge in [0.25, 0.3) is 0 Å². The molecule has 0 amide bonds. The number of rotatable bonds is 2. The average Bonchev–Trinajstić information content (AvgIpc) is 2.66. The molecule has 2 unspecified atom stereocenters. The molecule has 0 aliphatic heterocycles. The molecule has 0 bridgehead atoms. The van der Waals surface area contributed by atoms with E-state index in [2.05, 4.69) is 0 Å². The number of aliphatic hydroxyl groups is 1. The lowest BCUT2D eigenvalue weighted by atomic mass is 9.88. The van der Waals surface area contributed by atoms with Crippen LogP contribution >= 0.6 is 0 Å². The van der Waals surface area contributed by atoms with Crippen LogP contribution in [-0.4, -0.2) is 5.11 Å². The largest absolute Gasteiger partial charge is 0.385 e. The minimum atomic E-state index is -1.20. The molecular weight excluding hydrogens is 260 g/mol. The predicted molar refractivity (Wildman–Crippen MR) is 71.9 cm³/mol. The molecule has 1 aliphatic carbocycles. The summed E-state index contributed by atoms with van der Waals surface area (Å²) in [5, 5.41) is 10.8. The summed E-state index contributed by atoms with van der Waals surface area (Å²) in [7, 11) is 0. The van der Waals surface area contributed by atoms with Gasteiger partial charge in [0.15, 0.2) is 0 Å². The Balaban J connectivity index is 1.98. The first-order valence-electron chi connectivity index (χ1n) is 6.51. The first-order valence-corrected chi connectivity index (χ1v) is 6.51. The summed E-state index contributed by atoms with van der Waals surface area (Å²) in [6, 6.07) is 10.5. The second-order valence-corrected chi connectivity index (χ2v) is 5.34. The minimum absolute atomic E-state index is 0.0871. The molecule has 0 heterocycles. The number of benzene rings is 2. The molecule has 3 N–H and O–H groups in total. The highest BCUT2D eigenvalue weighted by molar-refractivity contribution is 5.41. The smallest absolute Gasteiger partial charge is 0.129 e. The van der Waals surface area contributed by atoms with Gasteiger partial charge in [0.2, 0.25) is 0 Å². The van der Waals surface area contributed by atoms with Crippen molar-refractivity contribution in [1.82, 2.24) is 0 Å². The van der Waals surface area contributed by atoms with Gasteiger partial charge in [0.1, 0.15) is 11.6 Å². The monoisotopic (exact) mass is 275 g/mol. The van der Waals surface area contributed by atoms with Crippen molar-refractivity contribution in [1.29, 1.82) is 0 Å². The van der Waals surface area contributed by atoms with Gasteiger partial charge in [0.05, 0.1) is 5.60 Å². The topological polar surface area (TPSA) is 46.2 Å². The van der Waals surface area contributed by atoms with Crippen LogP contribution in [0.4, 0.5) is 8.78 Å². The molecule has 0 aromatic heterocycles. The van der Waals surface area contributed by atoms with E-state index in [0.29, 0.717) is 6.42 Å². The van der Waals surface area contributed by atoms with Crippen LogP contribution in [0.15, 0.2) is 42.5 Å². The van der Waals surface area contributed by atoms with E-state index in [1.807, 2.05) is 24.3 Å². The third kappa shape index (κ3) is 2.11. The summed E-state index contributed by atoms with van der Waals surface area (Å²) >= 11 is 0. The van der Waals surface area contributed by atoms with Gasteiger partial charge in [0, 0.05) is 18.5 Å². The van der Waals surface area contributed by atoms with Crippen molar-refractivity contribution in [3.8, 4) is 0 Å². The minimum Gasteiger partial charge on any atom is -0.385 e. The van der Waals surface area contributed by atoms with Crippen LogP contribution in [-0.2, 0) is 12.0 Å². The molecule has 20 heavy (non-hydrogen) atoms. The van der Waals surface area contributed by atoms with Crippen molar-refractivity contribution in [2.75, 3.05) is 0 Å². The van der Waals surface area contributed by atoms with Gasteiger partial charge in [-0.15, -0.1) is 0 Å². The van der Waals surface area contributed by atoms with Crippen LogP contribution in [0.1, 0.15) is 29.2 Å². The summed E-state index contributed by atoms with van der Waals surface area (Å²) in [5.41, 5.74) is 6.73. The highest BCUT2D eigenvalue weighted by atomic mass is 19.1. The van der Waals surface area contributed by atoms with E-state index in [4.69, 9.17) is 5.73 Å². The normalized spacial score (nSPS) is 24.7. The van der Waals surface area contributed by atoms with Crippen molar-refractivity contribution in [3.63, 3.8) is 0 Å². The van der Waals surface area contributed by atoms with Crippen LogP contribution in [0.2, 0.25) is 0 Å². The maximum Gasteiger partial charge on any atom is 0.129 e. The van der Waals surface area contributed by atoms with Crippen LogP contribution in [0, 0.1) is 11.6 Å². The summed E-state index contributed by atoms with van der Waals surface area (Å²) in [5.74, 6) is -1.27. The molecule has 2 nitrogen and oxygen atoms in total. The molecule has 0 fully saturated rings. The van der Waals surface area contributed by atoms with Crippen molar-refractivity contribution in [2.45, 2.75) is 24.5 Å². The number of fused-ring (bicyclic) bond motifs is 1. The van der Waals surface area contributed by atoms with Gasteiger partial charge in [-0.05, 0) is 29.2 Å². The molecule has 2 aromatic carbocycles. The first kappa shape index (κ1) is 13.2. The first-order chi connectivity index (χ1) is 9.49. The number of halogens is 2. The van der Waals surface area contributed by atoms with Crippen molar-refractivity contribution >= 4 is 0 Å². The van der Waals surface area contributed by atoms with E-state index < -0.39 is 17.2 Å². The van der Waals surface area contributed by atoms with Gasteiger partial charge in [-0.1, -0.05) is 30.3 Å². The molecule has 4 heteroatoms. The zero-order chi connectivity index (χ0) is 14.3. The zero-order valence-corrected chi connectivity index (χ0v) is 10.8. The van der Waals surface area contributed by atoms with Gasteiger partial charge >= 0.3 is 0 Å². The predicted octanol–water partition coefficient (Wildman–Crippen LogP) is 2.80. The Morgan fingerprint density at radius 3 is 2.70 bits per heavy atom. The zero-order valence-electron chi connectivity index (χ0n) is 10.8. The Bertz CT molecular complexity index is 659. The van der Waals surface area contributed by atoms with Gasteiger partial charge < -0.3 is 10.8 Å². The third-order valence-corrected chi connectivity index (χ3v) is 3.92. The lowest BCUT2D eigenvalue weighted by Gasteiger charge is -2.24. The Labute approximate surface area is 115 Å². The van der Waals surface area contributed by atoms with E-state index >= 15 is 0 Å². The van der Waals surface area contributed by atoms with E-state index in [0.717, 1.165) is 17.2 Å². The quantitative estimate of drug-likeness (QED) is 0.885. The second-order valence-electron chi connectivity index (χ2n) is 5.34. The van der Waals surface area contributed by atoms with E-state index in [1.54, 1.807) is 0 Å². The van der Waals surface area contributed by atoms with Crippen molar-refractivity contribution < 1.29 is 13.9 Å². The Hall–Kier alpha value is -1.78. The van der Waals surface area contributed by atoms with Gasteiger partial charge in [-0.25, -0.2) is 8.78 Å². The Morgan fingerprint density at radius 2 is 1.95 bits per heavy atom. The highest BCUT2D eigenvalue weighted by Gasteiger charge is 2.41. The SMILES string of the molecule is NC1CC(O)(Cc2ccc(F)cc2F)c2ccccc21. The van der Waals surface area contributed by atoms with E-state index in [1.165, 1.54) is 12.1 Å². The molecule has 104 valence electrons. The molecule has 0 saturated carbocycles. The average molecular weight is 275 g/mol. The Kier molecular flexibility index (Phi) is 3.07. The maximum absolute atomic E-state index is 13.8. The molecule has 1 aliphatic rings. The molecule has 0 radical (unpaired) electrons. The lowest BCUT2D eigenvalue weighted by Crippen LogP contribution is -2.27. The fraction of sp³-hybridized carbons (Fsp3) is 0.250. The second kappa shape index (κ2) is 4.65. The number of hydrogen-bond acceptors (Lipinski definition) is 2. The van der Waals surface area contributed by atoms with Crippen LogP contribution < -0.4 is 5.73 Å². The van der Waals surface area contributed by atoms with Crippen LogP contribution in [0.3, 0.4) is 0 Å². The Morgan fingerprint density at radius 1 is 1.20 bits per heavy atom. The third-order valence-electron chi connectivity index (χ3n) is 3.92. The molecule has 2 atom stereocenters. The van der Waals surface area contributed by atoms with Gasteiger partial charge in [-0.2, -0.15) is 0 Å². The summed E-state index contributed by atoms with van der Waals surface area (Å²) in [6.07, 6.45) is 0.424. The number of nitrogens with two attached hydrogens (primary N) is 1. The standard InChI is InChI=1S/C16H15F2NO/c17-11-6-5-10(14(18)7-11)8-16(20)9-15(19)12-3-1-2-4-13(12)16/h1-7,15,20H,8-9,19H2. The molecule has 2 aromatic rings. The molecule has 0 spiro atoms. The fourth-order valence-electron chi connectivity index (χ4n) is 2.98. The van der Waals surface area contributed by atoms with E-state index in [-0.39, 0.29) is 18.0 Å². The summed E-state index contributed by atoms with van der Waals surface area (Å²) in [4.78, 5) is 0. The van der Waals surface area contributed by atoms with Gasteiger partial charge in [-0.3, -0.25) is 0 Å². The fourth-order valence-corrected chi connectivity index (χ4v) is 2.98. The number of hydrogen-bond donors (Lipinski definition) is 2. The van der Waals surface area contributed by atoms with Crippen LogP contribution in [0.5, 0.6) is 0 Å². The van der Waals surface area contributed by atoms with Crippen molar-refractivity contribution in [2.24, 2.45) is 5.73 Å². The highest BCUT2D eigenvalue weighted by Crippen LogP contribution is 2.44. The summed E-state index contributed by atoms with van der Waals surface area (Å²) in [6.45, 7) is 0. The van der Waals surface area contributed by atoms with Crippen molar-refractivity contribution in [3.05, 3.63) is 70.8 Å². The molecule has 0 saturated heterocycles. The van der Waals surface area contributed by atoms with E-state index in [9.17, 15) is 13.9 Å². The molecule has 3 rings (SSSR count). The van der Waals surface area contributed by atoms with Crippen LogP contribution in [0.25, 0.3) is 0 Å². The lowest BCUT2D eigenvalue weighted by molar-refractivity contribution is 0.0333. The molecular formula is C16H15F2NO. The summed E-state index contributed by atoms with van der Waals surface area (Å²) < 4.78 is 26.7.